The monoisotopic (exact) mass is 305 g/mol. The topological polar surface area (TPSA) is 56.2 Å². The second kappa shape index (κ2) is 6.60. The van der Waals surface area contributed by atoms with E-state index < -0.39 is 5.82 Å². The van der Waals surface area contributed by atoms with E-state index in [1.807, 2.05) is 20.8 Å². The Labute approximate surface area is 129 Å². The fraction of sp³-hybridized carbons (Fsp3) is 0.375. The third-order valence-corrected chi connectivity index (χ3v) is 3.18. The molecule has 0 fully saturated rings. The Morgan fingerprint density at radius 3 is 2.68 bits per heavy atom. The van der Waals surface area contributed by atoms with E-state index >= 15 is 0 Å². The van der Waals surface area contributed by atoms with Gasteiger partial charge in [0.2, 0.25) is 0 Å². The van der Waals surface area contributed by atoms with E-state index in [1.54, 1.807) is 22.9 Å². The molecule has 0 aliphatic rings. The molecule has 0 spiro atoms. The van der Waals surface area contributed by atoms with Gasteiger partial charge in [-0.2, -0.15) is 5.10 Å². The highest BCUT2D eigenvalue weighted by atomic mass is 19.1. The Balaban J connectivity index is 2.43. The van der Waals surface area contributed by atoms with Gasteiger partial charge in [-0.1, -0.05) is 0 Å². The molecule has 1 aromatic carbocycles. The summed E-state index contributed by atoms with van der Waals surface area (Å²) in [5.74, 6) is -0.233. The summed E-state index contributed by atoms with van der Waals surface area (Å²) in [5.41, 5.74) is 1.23. The van der Waals surface area contributed by atoms with Crippen LogP contribution in [0.5, 0.6) is 5.75 Å². The maximum Gasteiger partial charge on any atom is 0.271 e. The zero-order chi connectivity index (χ0) is 16.3. The number of aromatic nitrogens is 2. The number of aryl methyl sites for hydroxylation is 1. The van der Waals surface area contributed by atoms with E-state index in [2.05, 4.69) is 10.4 Å². The molecule has 0 saturated carbocycles. The molecule has 0 radical (unpaired) electrons. The molecule has 0 unspecified atom stereocenters. The lowest BCUT2D eigenvalue weighted by Crippen LogP contribution is -2.30. The van der Waals surface area contributed by atoms with Crippen LogP contribution in [-0.2, 0) is 6.54 Å². The van der Waals surface area contributed by atoms with Crippen molar-refractivity contribution in [3.63, 3.8) is 0 Å². The van der Waals surface area contributed by atoms with Gasteiger partial charge in [-0.25, -0.2) is 4.39 Å². The molecule has 1 heterocycles. The number of nitrogens with zero attached hydrogens (tertiary/aromatic N) is 2. The highest BCUT2D eigenvalue weighted by Gasteiger charge is 2.18. The van der Waals surface area contributed by atoms with Crippen LogP contribution >= 0.6 is 0 Å². The van der Waals surface area contributed by atoms with E-state index in [4.69, 9.17) is 4.74 Å². The number of hydrogen-bond acceptors (Lipinski definition) is 3. The third kappa shape index (κ3) is 3.27. The summed E-state index contributed by atoms with van der Waals surface area (Å²) >= 11 is 0. The van der Waals surface area contributed by atoms with E-state index in [9.17, 15) is 9.18 Å². The summed E-state index contributed by atoms with van der Waals surface area (Å²) in [6, 6.07) is 6.24. The number of methoxy groups -OCH3 is 1. The van der Waals surface area contributed by atoms with Crippen molar-refractivity contribution in [3.8, 4) is 17.0 Å². The van der Waals surface area contributed by atoms with Crippen molar-refractivity contribution in [2.24, 2.45) is 0 Å². The molecule has 2 aromatic rings. The fourth-order valence-corrected chi connectivity index (χ4v) is 2.15. The highest BCUT2D eigenvalue weighted by Crippen LogP contribution is 2.27. The molecule has 1 N–H and O–H groups in total. The summed E-state index contributed by atoms with van der Waals surface area (Å²) in [7, 11) is 1.49. The van der Waals surface area contributed by atoms with Crippen LogP contribution in [0.15, 0.2) is 24.3 Å². The minimum absolute atomic E-state index is 0.0143. The lowest BCUT2D eigenvalue weighted by atomic mass is 10.1. The van der Waals surface area contributed by atoms with Crippen molar-refractivity contribution in [1.29, 1.82) is 0 Å². The normalized spacial score (nSPS) is 10.8. The molecule has 22 heavy (non-hydrogen) atoms. The number of carbonyl (C=O) groups excluding carboxylic acids is 1. The van der Waals surface area contributed by atoms with Gasteiger partial charge in [0.1, 0.15) is 11.6 Å². The summed E-state index contributed by atoms with van der Waals surface area (Å²) in [6.45, 7) is 6.18. The summed E-state index contributed by atoms with van der Waals surface area (Å²) in [6.07, 6.45) is 0. The molecule has 1 amide bonds. The molecule has 0 aliphatic carbocycles. The van der Waals surface area contributed by atoms with Crippen LogP contribution < -0.4 is 10.1 Å². The number of benzene rings is 1. The van der Waals surface area contributed by atoms with Gasteiger partial charge in [-0.15, -0.1) is 0 Å². The minimum atomic E-state index is -0.412. The predicted octanol–water partition coefficient (Wildman–Crippen LogP) is 2.86. The summed E-state index contributed by atoms with van der Waals surface area (Å²) < 4.78 is 20.9. The van der Waals surface area contributed by atoms with Gasteiger partial charge in [0.15, 0.2) is 5.69 Å². The fourth-order valence-electron chi connectivity index (χ4n) is 2.15. The standard InChI is InChI=1S/C16H20FN3O2/c1-5-20-15(9-14(19-20)16(21)18-10(2)3)12-7-6-11(22-4)8-13(12)17/h6-10H,5H2,1-4H3,(H,18,21). The molecule has 118 valence electrons. The van der Waals surface area contributed by atoms with Crippen molar-refractivity contribution in [3.05, 3.63) is 35.8 Å². The van der Waals surface area contributed by atoms with Crippen molar-refractivity contribution in [1.82, 2.24) is 15.1 Å². The van der Waals surface area contributed by atoms with Gasteiger partial charge >= 0.3 is 0 Å². The van der Waals surface area contributed by atoms with Crippen LogP contribution in [0.1, 0.15) is 31.3 Å². The lowest BCUT2D eigenvalue weighted by molar-refractivity contribution is 0.0937. The second-order valence-corrected chi connectivity index (χ2v) is 5.20. The molecule has 5 nitrogen and oxygen atoms in total. The first-order chi connectivity index (χ1) is 10.5. The number of carbonyl (C=O) groups is 1. The van der Waals surface area contributed by atoms with Gasteiger partial charge in [0.05, 0.1) is 12.8 Å². The smallest absolute Gasteiger partial charge is 0.271 e. The minimum Gasteiger partial charge on any atom is -0.497 e. The number of halogens is 1. The molecule has 0 atom stereocenters. The van der Waals surface area contributed by atoms with E-state index in [1.165, 1.54) is 13.2 Å². The quantitative estimate of drug-likeness (QED) is 0.924. The molecular formula is C16H20FN3O2. The van der Waals surface area contributed by atoms with Crippen LogP contribution in [0.3, 0.4) is 0 Å². The Hall–Kier alpha value is -2.37. The predicted molar refractivity (Wildman–Crippen MR) is 82.4 cm³/mol. The zero-order valence-corrected chi connectivity index (χ0v) is 13.2. The molecule has 0 aliphatic heterocycles. The number of ether oxygens (including phenoxy) is 1. The van der Waals surface area contributed by atoms with Crippen molar-refractivity contribution in [2.75, 3.05) is 7.11 Å². The van der Waals surface area contributed by atoms with Crippen LogP contribution in [0, 0.1) is 5.82 Å². The van der Waals surface area contributed by atoms with E-state index in [0.29, 0.717) is 23.6 Å². The van der Waals surface area contributed by atoms with Gasteiger partial charge in [-0.05, 0) is 39.0 Å². The molecule has 1 aromatic heterocycles. The number of rotatable bonds is 5. The maximum absolute atomic E-state index is 14.2. The van der Waals surface area contributed by atoms with Crippen molar-refractivity contribution in [2.45, 2.75) is 33.4 Å². The average molecular weight is 305 g/mol. The van der Waals surface area contributed by atoms with Crippen LogP contribution in [0.4, 0.5) is 4.39 Å². The van der Waals surface area contributed by atoms with Gasteiger partial charge < -0.3 is 10.1 Å². The second-order valence-electron chi connectivity index (χ2n) is 5.20. The average Bonchev–Trinajstić information content (AvgIpc) is 2.90. The Morgan fingerprint density at radius 2 is 2.14 bits per heavy atom. The van der Waals surface area contributed by atoms with Crippen LogP contribution in [0.25, 0.3) is 11.3 Å². The number of hydrogen-bond donors (Lipinski definition) is 1. The van der Waals surface area contributed by atoms with E-state index in [-0.39, 0.29) is 17.6 Å². The third-order valence-electron chi connectivity index (χ3n) is 3.18. The highest BCUT2D eigenvalue weighted by molar-refractivity contribution is 5.93. The molecular weight excluding hydrogens is 285 g/mol. The SMILES string of the molecule is CCn1nc(C(=O)NC(C)C)cc1-c1ccc(OC)cc1F. The van der Waals surface area contributed by atoms with Crippen LogP contribution in [0.2, 0.25) is 0 Å². The summed E-state index contributed by atoms with van der Waals surface area (Å²) in [5, 5.41) is 7.03. The van der Waals surface area contributed by atoms with E-state index in [0.717, 1.165) is 0 Å². The molecule has 2 rings (SSSR count). The number of amides is 1. The molecule has 0 bridgehead atoms. The first-order valence-electron chi connectivity index (χ1n) is 7.18. The lowest BCUT2D eigenvalue weighted by Gasteiger charge is -2.07. The largest absolute Gasteiger partial charge is 0.497 e. The van der Waals surface area contributed by atoms with Gasteiger partial charge in [0, 0.05) is 24.2 Å². The first kappa shape index (κ1) is 16.0. The van der Waals surface area contributed by atoms with Gasteiger partial charge in [-0.3, -0.25) is 9.48 Å². The Morgan fingerprint density at radius 1 is 1.41 bits per heavy atom. The van der Waals surface area contributed by atoms with Crippen molar-refractivity contribution < 1.29 is 13.9 Å². The zero-order valence-electron chi connectivity index (χ0n) is 13.2. The summed E-state index contributed by atoms with van der Waals surface area (Å²) in [4.78, 5) is 12.1. The maximum atomic E-state index is 14.2. The molecule has 0 saturated heterocycles. The number of nitrogens with one attached hydrogen (secondary N) is 1. The van der Waals surface area contributed by atoms with Crippen molar-refractivity contribution >= 4 is 5.91 Å². The molecule has 6 heteroatoms. The van der Waals surface area contributed by atoms with Gasteiger partial charge in [0.25, 0.3) is 5.91 Å². The Kier molecular flexibility index (Phi) is 4.80. The first-order valence-corrected chi connectivity index (χ1v) is 7.18. The Bertz CT molecular complexity index is 680. The van der Waals surface area contributed by atoms with Crippen LogP contribution in [-0.4, -0.2) is 28.8 Å².